The van der Waals surface area contributed by atoms with E-state index in [9.17, 15) is 15.0 Å². The van der Waals surface area contributed by atoms with E-state index in [0.717, 1.165) is 0 Å². The maximum absolute atomic E-state index is 12.9. The molecule has 0 bridgehead atoms. The second-order valence-electron chi connectivity index (χ2n) is 5.04. The number of nitrogens with zero attached hydrogens (tertiary/aromatic N) is 1. The number of aromatic hydroxyl groups is 2. The molecule has 3 rings (SSSR count). The Hall–Kier alpha value is -3.27. The summed E-state index contributed by atoms with van der Waals surface area (Å²) < 4.78 is 0. The molecule has 0 radical (unpaired) electrons. The van der Waals surface area contributed by atoms with Crippen molar-refractivity contribution in [3.05, 3.63) is 84.4 Å². The lowest BCUT2D eigenvalue weighted by molar-refractivity contribution is 0.0999. The lowest BCUT2D eigenvalue weighted by atomic mass is 10.1. The van der Waals surface area contributed by atoms with Crippen molar-refractivity contribution in [3.63, 3.8) is 0 Å². The first-order chi connectivity index (χ1) is 11.1. The molecule has 2 N–H and O–H groups in total. The zero-order valence-corrected chi connectivity index (χ0v) is 12.3. The number of para-hydroxylation sites is 1. The summed E-state index contributed by atoms with van der Waals surface area (Å²) >= 11 is 0. The highest BCUT2D eigenvalue weighted by Crippen LogP contribution is 2.29. The van der Waals surface area contributed by atoms with Gasteiger partial charge in [0.2, 0.25) is 0 Å². The number of hydrogen-bond acceptors (Lipinski definition) is 3. The van der Waals surface area contributed by atoms with Crippen molar-refractivity contribution in [2.75, 3.05) is 4.90 Å². The predicted molar refractivity (Wildman–Crippen MR) is 89.1 cm³/mol. The fourth-order valence-corrected chi connectivity index (χ4v) is 2.33. The van der Waals surface area contributed by atoms with Gasteiger partial charge in [-0.05, 0) is 48.5 Å². The van der Waals surface area contributed by atoms with E-state index in [1.165, 1.54) is 23.1 Å². The SMILES string of the molecule is O=C(c1ccc(O)cc1)N(c1ccccc1)c1cccc(O)c1. The third-order valence-electron chi connectivity index (χ3n) is 3.42. The number of carbonyl (C=O) groups excluding carboxylic acids is 1. The molecule has 1 amide bonds. The fourth-order valence-electron chi connectivity index (χ4n) is 2.33. The van der Waals surface area contributed by atoms with E-state index in [4.69, 9.17) is 0 Å². The second-order valence-corrected chi connectivity index (χ2v) is 5.04. The maximum Gasteiger partial charge on any atom is 0.262 e. The molecule has 0 atom stereocenters. The van der Waals surface area contributed by atoms with Crippen LogP contribution in [-0.2, 0) is 0 Å². The monoisotopic (exact) mass is 305 g/mol. The smallest absolute Gasteiger partial charge is 0.262 e. The summed E-state index contributed by atoms with van der Waals surface area (Å²) in [5.74, 6) is -0.0612. The molecule has 114 valence electrons. The lowest BCUT2D eigenvalue weighted by Crippen LogP contribution is -2.25. The Kier molecular flexibility index (Phi) is 3.97. The van der Waals surface area contributed by atoms with Crippen LogP contribution in [0.25, 0.3) is 0 Å². The number of phenols is 2. The quantitative estimate of drug-likeness (QED) is 0.766. The molecule has 0 aliphatic carbocycles. The zero-order chi connectivity index (χ0) is 16.2. The van der Waals surface area contributed by atoms with E-state index < -0.39 is 0 Å². The second kappa shape index (κ2) is 6.23. The third-order valence-corrected chi connectivity index (χ3v) is 3.42. The van der Waals surface area contributed by atoms with Crippen LogP contribution >= 0.6 is 0 Å². The Morgan fingerprint density at radius 3 is 2.00 bits per heavy atom. The van der Waals surface area contributed by atoms with Crippen LogP contribution in [0.3, 0.4) is 0 Å². The summed E-state index contributed by atoms with van der Waals surface area (Å²) in [5.41, 5.74) is 1.69. The maximum atomic E-state index is 12.9. The van der Waals surface area contributed by atoms with E-state index in [0.29, 0.717) is 16.9 Å². The number of hydrogen-bond donors (Lipinski definition) is 2. The van der Waals surface area contributed by atoms with Crippen molar-refractivity contribution in [3.8, 4) is 11.5 Å². The van der Waals surface area contributed by atoms with Crippen LogP contribution in [0, 0.1) is 0 Å². The molecule has 0 aromatic heterocycles. The molecule has 23 heavy (non-hydrogen) atoms. The highest BCUT2D eigenvalue weighted by atomic mass is 16.3. The fraction of sp³-hybridized carbons (Fsp3) is 0. The van der Waals surface area contributed by atoms with Crippen molar-refractivity contribution < 1.29 is 15.0 Å². The molecule has 0 fully saturated rings. The zero-order valence-electron chi connectivity index (χ0n) is 12.3. The number of benzene rings is 3. The highest BCUT2D eigenvalue weighted by Gasteiger charge is 2.20. The summed E-state index contributed by atoms with van der Waals surface area (Å²) in [6.45, 7) is 0. The summed E-state index contributed by atoms with van der Waals surface area (Å²) in [4.78, 5) is 14.5. The predicted octanol–water partition coefficient (Wildman–Crippen LogP) is 4.08. The van der Waals surface area contributed by atoms with E-state index in [1.807, 2.05) is 30.3 Å². The van der Waals surface area contributed by atoms with Crippen LogP contribution in [0.2, 0.25) is 0 Å². The minimum absolute atomic E-state index is 0.0851. The standard InChI is InChI=1S/C19H15NO3/c21-17-11-9-14(10-12-17)19(23)20(15-5-2-1-3-6-15)16-7-4-8-18(22)13-16/h1-13,21-22H. The summed E-state index contributed by atoms with van der Waals surface area (Å²) in [5, 5.41) is 19.1. The molecule has 4 heteroatoms. The first kappa shape index (κ1) is 14.7. The van der Waals surface area contributed by atoms with Crippen LogP contribution in [0.15, 0.2) is 78.9 Å². The van der Waals surface area contributed by atoms with E-state index in [1.54, 1.807) is 30.3 Å². The molecular weight excluding hydrogens is 290 g/mol. The van der Waals surface area contributed by atoms with Gasteiger partial charge in [0.15, 0.2) is 0 Å². The Balaban J connectivity index is 2.08. The average molecular weight is 305 g/mol. The Morgan fingerprint density at radius 2 is 1.35 bits per heavy atom. The van der Waals surface area contributed by atoms with E-state index in [-0.39, 0.29) is 17.4 Å². The molecule has 4 nitrogen and oxygen atoms in total. The van der Waals surface area contributed by atoms with Gasteiger partial charge in [-0.2, -0.15) is 0 Å². The Labute approximate surface area is 133 Å². The van der Waals surface area contributed by atoms with Crippen LogP contribution in [0.5, 0.6) is 11.5 Å². The van der Waals surface area contributed by atoms with Gasteiger partial charge in [0.1, 0.15) is 11.5 Å². The van der Waals surface area contributed by atoms with Gasteiger partial charge in [-0.15, -0.1) is 0 Å². The lowest BCUT2D eigenvalue weighted by Gasteiger charge is -2.23. The summed E-state index contributed by atoms with van der Waals surface area (Å²) in [7, 11) is 0. The van der Waals surface area contributed by atoms with Crippen LogP contribution in [0.4, 0.5) is 11.4 Å². The molecule has 0 heterocycles. The minimum atomic E-state index is -0.248. The molecule has 0 saturated heterocycles. The van der Waals surface area contributed by atoms with Gasteiger partial charge in [-0.25, -0.2) is 0 Å². The minimum Gasteiger partial charge on any atom is -0.508 e. The van der Waals surface area contributed by atoms with Gasteiger partial charge in [-0.3, -0.25) is 9.69 Å². The number of carbonyl (C=O) groups is 1. The number of amides is 1. The van der Waals surface area contributed by atoms with Crippen molar-refractivity contribution >= 4 is 17.3 Å². The van der Waals surface area contributed by atoms with Gasteiger partial charge < -0.3 is 10.2 Å². The molecule has 3 aromatic rings. The van der Waals surface area contributed by atoms with Crippen molar-refractivity contribution in [2.45, 2.75) is 0 Å². The van der Waals surface area contributed by atoms with Gasteiger partial charge >= 0.3 is 0 Å². The van der Waals surface area contributed by atoms with Crippen molar-refractivity contribution in [2.24, 2.45) is 0 Å². The van der Waals surface area contributed by atoms with Gasteiger partial charge in [0.25, 0.3) is 5.91 Å². The van der Waals surface area contributed by atoms with Crippen molar-refractivity contribution in [1.82, 2.24) is 0 Å². The van der Waals surface area contributed by atoms with Crippen LogP contribution in [0.1, 0.15) is 10.4 Å². The number of anilines is 2. The number of phenolic OH excluding ortho intramolecular Hbond substituents is 2. The van der Waals surface area contributed by atoms with E-state index in [2.05, 4.69) is 0 Å². The molecule has 0 aliphatic rings. The molecule has 0 aliphatic heterocycles. The van der Waals surface area contributed by atoms with Gasteiger partial charge in [0, 0.05) is 17.3 Å². The first-order valence-electron chi connectivity index (χ1n) is 7.13. The average Bonchev–Trinajstić information content (AvgIpc) is 2.57. The highest BCUT2D eigenvalue weighted by molar-refractivity contribution is 6.11. The molecule has 0 saturated carbocycles. The summed E-state index contributed by atoms with van der Waals surface area (Å²) in [6, 6.07) is 21.8. The van der Waals surface area contributed by atoms with E-state index >= 15 is 0 Å². The first-order valence-corrected chi connectivity index (χ1v) is 7.13. The Morgan fingerprint density at radius 1 is 0.696 bits per heavy atom. The van der Waals surface area contributed by atoms with Crippen molar-refractivity contribution in [1.29, 1.82) is 0 Å². The summed E-state index contributed by atoms with van der Waals surface area (Å²) in [6.07, 6.45) is 0. The Bertz CT molecular complexity index is 814. The normalized spacial score (nSPS) is 10.3. The molecule has 0 spiro atoms. The van der Waals surface area contributed by atoms with Gasteiger partial charge in [0.05, 0.1) is 5.69 Å². The third kappa shape index (κ3) is 3.16. The largest absolute Gasteiger partial charge is 0.508 e. The molecule has 0 unspecified atom stereocenters. The van der Waals surface area contributed by atoms with Gasteiger partial charge in [-0.1, -0.05) is 24.3 Å². The topological polar surface area (TPSA) is 60.8 Å². The van der Waals surface area contributed by atoms with Crippen LogP contribution < -0.4 is 4.90 Å². The van der Waals surface area contributed by atoms with Crippen LogP contribution in [-0.4, -0.2) is 16.1 Å². The number of rotatable bonds is 3. The molecule has 3 aromatic carbocycles. The molecular formula is C19H15NO3.